The Morgan fingerprint density at radius 3 is 2.51 bits per heavy atom. The number of amides is 1. The predicted octanol–water partition coefficient (Wildman–Crippen LogP) is 1.66. The highest BCUT2D eigenvalue weighted by molar-refractivity contribution is 7.89. The minimum atomic E-state index is -3.84. The molecular weight excluding hydrogens is 494 g/mol. The Labute approximate surface area is 219 Å². The number of carbonyl (C=O) groups excluding carboxylic acids is 1. The number of hydrogen-bond donors (Lipinski definition) is 2. The standard InChI is InChI=1S/C27H37N3O6S/c1-20-17-29(14-15-36-20)19-27(32)28-25(16-21-6-4-3-5-7-21)26(31)18-30(22-8-9-22)37(33,34)24-12-10-23(35-2)11-13-24/h3-7,10-13,20,22,25-26,31H,8-9,14-19H2,1-2H3,(H,28,32)/t20-,25-,26+/m0/s1. The number of nitrogens with zero attached hydrogens (tertiary/aromatic N) is 2. The van der Waals surface area contributed by atoms with Crippen LogP contribution in [0.3, 0.4) is 0 Å². The van der Waals surface area contributed by atoms with Gasteiger partial charge in [0.05, 0.1) is 43.4 Å². The first-order valence-corrected chi connectivity index (χ1v) is 14.2. The maximum Gasteiger partial charge on any atom is 0.243 e. The molecule has 10 heteroatoms. The van der Waals surface area contributed by atoms with E-state index in [-0.39, 0.29) is 36.0 Å². The molecule has 0 spiro atoms. The lowest BCUT2D eigenvalue weighted by molar-refractivity contribution is -0.125. The number of sulfonamides is 1. The van der Waals surface area contributed by atoms with Gasteiger partial charge in [-0.1, -0.05) is 30.3 Å². The van der Waals surface area contributed by atoms with Crippen molar-refractivity contribution in [1.29, 1.82) is 0 Å². The molecule has 2 aromatic carbocycles. The lowest BCUT2D eigenvalue weighted by Gasteiger charge is -2.32. The molecule has 202 valence electrons. The average Bonchev–Trinajstić information content (AvgIpc) is 3.72. The predicted molar refractivity (Wildman–Crippen MR) is 140 cm³/mol. The third-order valence-electron chi connectivity index (χ3n) is 6.79. The van der Waals surface area contributed by atoms with Crippen LogP contribution in [0.5, 0.6) is 5.75 Å². The molecule has 1 amide bonds. The van der Waals surface area contributed by atoms with Crippen LogP contribution in [0, 0.1) is 0 Å². The van der Waals surface area contributed by atoms with Crippen LogP contribution >= 0.6 is 0 Å². The fraction of sp³-hybridized carbons (Fsp3) is 0.519. The van der Waals surface area contributed by atoms with Gasteiger partial charge in [-0.15, -0.1) is 0 Å². The van der Waals surface area contributed by atoms with E-state index in [1.165, 1.54) is 23.5 Å². The van der Waals surface area contributed by atoms with Gasteiger partial charge in [-0.2, -0.15) is 4.31 Å². The molecule has 1 heterocycles. The maximum absolute atomic E-state index is 13.5. The highest BCUT2D eigenvalue weighted by Crippen LogP contribution is 2.33. The minimum absolute atomic E-state index is 0.0579. The van der Waals surface area contributed by atoms with E-state index in [0.717, 1.165) is 18.4 Å². The largest absolute Gasteiger partial charge is 0.497 e. The van der Waals surface area contributed by atoms with E-state index in [0.29, 0.717) is 31.9 Å². The summed E-state index contributed by atoms with van der Waals surface area (Å²) in [5.74, 6) is 0.363. The molecule has 37 heavy (non-hydrogen) atoms. The second kappa shape index (κ2) is 12.4. The van der Waals surface area contributed by atoms with E-state index < -0.39 is 22.2 Å². The number of aliphatic hydroxyl groups is 1. The van der Waals surface area contributed by atoms with Crippen molar-refractivity contribution >= 4 is 15.9 Å². The highest BCUT2D eigenvalue weighted by Gasteiger charge is 2.40. The summed E-state index contributed by atoms with van der Waals surface area (Å²) >= 11 is 0. The summed E-state index contributed by atoms with van der Waals surface area (Å²) in [7, 11) is -2.31. The first kappa shape index (κ1) is 27.5. The molecular formula is C27H37N3O6S. The van der Waals surface area contributed by atoms with Gasteiger partial charge in [-0.25, -0.2) is 8.42 Å². The lowest BCUT2D eigenvalue weighted by atomic mass is 10.0. The van der Waals surface area contributed by atoms with Gasteiger partial charge in [-0.3, -0.25) is 9.69 Å². The van der Waals surface area contributed by atoms with Gasteiger partial charge in [0.2, 0.25) is 15.9 Å². The Hall–Kier alpha value is -2.50. The van der Waals surface area contributed by atoms with Crippen molar-refractivity contribution in [1.82, 2.24) is 14.5 Å². The van der Waals surface area contributed by atoms with Crippen molar-refractivity contribution in [3.05, 3.63) is 60.2 Å². The molecule has 1 aliphatic heterocycles. The molecule has 3 atom stereocenters. The SMILES string of the molecule is COc1ccc(S(=O)(=O)N(C[C@@H](O)[C@H](Cc2ccccc2)NC(=O)CN2CCO[C@@H](C)C2)C2CC2)cc1. The van der Waals surface area contributed by atoms with E-state index in [2.05, 4.69) is 5.32 Å². The summed E-state index contributed by atoms with van der Waals surface area (Å²) in [5.41, 5.74) is 0.947. The zero-order valence-corrected chi connectivity index (χ0v) is 22.3. The molecule has 4 rings (SSSR count). The molecule has 0 unspecified atom stereocenters. The summed E-state index contributed by atoms with van der Waals surface area (Å²) in [6, 6.07) is 15.0. The number of carbonyl (C=O) groups is 1. The summed E-state index contributed by atoms with van der Waals surface area (Å²) in [4.78, 5) is 15.2. The number of ether oxygens (including phenoxy) is 2. The smallest absolute Gasteiger partial charge is 0.243 e. The van der Waals surface area contributed by atoms with Crippen LogP contribution in [-0.4, -0.2) is 92.8 Å². The van der Waals surface area contributed by atoms with E-state index >= 15 is 0 Å². The zero-order chi connectivity index (χ0) is 26.4. The van der Waals surface area contributed by atoms with Gasteiger partial charge in [0.15, 0.2) is 0 Å². The van der Waals surface area contributed by atoms with Crippen LogP contribution in [0.4, 0.5) is 0 Å². The van der Waals surface area contributed by atoms with Crippen LogP contribution in [0.15, 0.2) is 59.5 Å². The van der Waals surface area contributed by atoms with Crippen molar-refractivity contribution in [3.8, 4) is 5.75 Å². The van der Waals surface area contributed by atoms with Crippen LogP contribution in [0.1, 0.15) is 25.3 Å². The molecule has 1 saturated carbocycles. The average molecular weight is 532 g/mol. The summed E-state index contributed by atoms with van der Waals surface area (Å²) in [5, 5.41) is 14.3. The Balaban J connectivity index is 1.49. The van der Waals surface area contributed by atoms with Crippen molar-refractivity contribution in [2.24, 2.45) is 0 Å². The highest BCUT2D eigenvalue weighted by atomic mass is 32.2. The normalized spacial score (nSPS) is 20.4. The summed E-state index contributed by atoms with van der Waals surface area (Å²) in [6.07, 6.45) is 0.831. The Morgan fingerprint density at radius 1 is 1.19 bits per heavy atom. The van der Waals surface area contributed by atoms with E-state index in [1.807, 2.05) is 42.2 Å². The van der Waals surface area contributed by atoms with Gasteiger partial charge in [-0.05, 0) is 56.0 Å². The van der Waals surface area contributed by atoms with Crippen LogP contribution in [0.25, 0.3) is 0 Å². The number of benzene rings is 2. The number of rotatable bonds is 12. The third kappa shape index (κ3) is 7.52. The minimum Gasteiger partial charge on any atom is -0.497 e. The maximum atomic E-state index is 13.5. The van der Waals surface area contributed by atoms with Crippen LogP contribution in [-0.2, 0) is 26.0 Å². The van der Waals surface area contributed by atoms with E-state index in [9.17, 15) is 18.3 Å². The molecule has 0 aromatic heterocycles. The topological polar surface area (TPSA) is 108 Å². The molecule has 2 fully saturated rings. The fourth-order valence-corrected chi connectivity index (χ4v) is 6.34. The number of methoxy groups -OCH3 is 1. The van der Waals surface area contributed by atoms with Crippen LogP contribution in [0.2, 0.25) is 0 Å². The van der Waals surface area contributed by atoms with Gasteiger partial charge >= 0.3 is 0 Å². The number of nitrogens with one attached hydrogen (secondary N) is 1. The number of morpholine rings is 1. The quantitative estimate of drug-likeness (QED) is 0.429. The van der Waals surface area contributed by atoms with Crippen molar-refractivity contribution < 1.29 is 27.8 Å². The molecule has 1 saturated heterocycles. The first-order valence-electron chi connectivity index (χ1n) is 12.8. The zero-order valence-electron chi connectivity index (χ0n) is 21.5. The Kier molecular flexibility index (Phi) is 9.20. The van der Waals surface area contributed by atoms with Gasteiger partial charge in [0.1, 0.15) is 5.75 Å². The van der Waals surface area contributed by atoms with Gasteiger partial charge in [0.25, 0.3) is 0 Å². The molecule has 1 aliphatic carbocycles. The second-order valence-electron chi connectivity index (χ2n) is 9.83. The third-order valence-corrected chi connectivity index (χ3v) is 8.72. The van der Waals surface area contributed by atoms with E-state index in [1.54, 1.807) is 12.1 Å². The van der Waals surface area contributed by atoms with Gasteiger partial charge < -0.3 is 19.9 Å². The van der Waals surface area contributed by atoms with Crippen LogP contribution < -0.4 is 10.1 Å². The lowest BCUT2D eigenvalue weighted by Crippen LogP contribution is -2.53. The van der Waals surface area contributed by atoms with Crippen molar-refractivity contribution in [2.45, 2.75) is 55.4 Å². The van der Waals surface area contributed by atoms with Crippen molar-refractivity contribution in [3.63, 3.8) is 0 Å². The molecule has 0 bridgehead atoms. The summed E-state index contributed by atoms with van der Waals surface area (Å²) < 4.78 is 39.1. The monoisotopic (exact) mass is 531 g/mol. The van der Waals surface area contributed by atoms with E-state index in [4.69, 9.17) is 9.47 Å². The van der Waals surface area contributed by atoms with Gasteiger partial charge in [0, 0.05) is 25.7 Å². The summed E-state index contributed by atoms with van der Waals surface area (Å²) in [6.45, 7) is 3.97. The first-order chi connectivity index (χ1) is 17.8. The molecule has 2 aromatic rings. The molecule has 2 aliphatic rings. The Bertz CT molecular complexity index is 1120. The van der Waals surface area contributed by atoms with Crippen molar-refractivity contribution in [2.75, 3.05) is 39.9 Å². The molecule has 9 nitrogen and oxygen atoms in total. The second-order valence-corrected chi connectivity index (χ2v) is 11.7. The fourth-order valence-electron chi connectivity index (χ4n) is 4.64. The molecule has 2 N–H and O–H groups in total. The Morgan fingerprint density at radius 2 is 1.89 bits per heavy atom. The number of hydrogen-bond acceptors (Lipinski definition) is 7. The molecule has 0 radical (unpaired) electrons. The number of aliphatic hydroxyl groups excluding tert-OH is 1.